The molecule has 0 aromatic heterocycles. The fourth-order valence-corrected chi connectivity index (χ4v) is 4.19. The summed E-state index contributed by atoms with van der Waals surface area (Å²) in [6.45, 7) is 1.87. The van der Waals surface area contributed by atoms with Crippen LogP contribution in [0.1, 0.15) is 22.3 Å². The van der Waals surface area contributed by atoms with Crippen molar-refractivity contribution < 1.29 is 13.5 Å². The maximum absolute atomic E-state index is 12.3. The molecule has 3 rings (SSSR count). The summed E-state index contributed by atoms with van der Waals surface area (Å²) < 4.78 is 25.1. The van der Waals surface area contributed by atoms with Gasteiger partial charge >= 0.3 is 0 Å². The monoisotopic (exact) mass is 492 g/mol. The second-order valence-electron chi connectivity index (χ2n) is 6.45. The lowest BCUT2D eigenvalue weighted by molar-refractivity contribution is 0.470. The van der Waals surface area contributed by atoms with Crippen molar-refractivity contribution in [2.24, 2.45) is 5.10 Å². The van der Waals surface area contributed by atoms with E-state index in [1.807, 2.05) is 31.2 Å². The Kier molecular flexibility index (Phi) is 6.62. The molecule has 0 saturated heterocycles. The number of benzene rings is 3. The largest absolute Gasteiger partial charge is 0.506 e. The molecule has 3 aromatic rings. The molecule has 150 valence electrons. The normalized spacial score (nSPS) is 11.7. The summed E-state index contributed by atoms with van der Waals surface area (Å²) in [7, 11) is -3.79. The van der Waals surface area contributed by atoms with Gasteiger partial charge in [0.25, 0.3) is 10.0 Å². The smallest absolute Gasteiger partial charge is 0.276 e. The molecule has 2 N–H and O–H groups in total. The van der Waals surface area contributed by atoms with Crippen molar-refractivity contribution in [1.82, 2.24) is 4.83 Å². The number of aryl methyl sites for hydroxylation is 1. The van der Waals surface area contributed by atoms with Crippen molar-refractivity contribution in [2.45, 2.75) is 18.2 Å². The van der Waals surface area contributed by atoms with Crippen LogP contribution in [0, 0.1) is 6.92 Å². The molecule has 5 nitrogen and oxygen atoms in total. The Balaban J connectivity index is 1.82. The second-order valence-corrected chi connectivity index (χ2v) is 9.37. The molecule has 0 radical (unpaired) electrons. The van der Waals surface area contributed by atoms with E-state index < -0.39 is 10.0 Å². The summed E-state index contributed by atoms with van der Waals surface area (Å²) >= 11 is 9.54. The third-order valence-electron chi connectivity index (χ3n) is 4.21. The van der Waals surface area contributed by atoms with Gasteiger partial charge in [0.15, 0.2) is 0 Å². The Bertz CT molecular complexity index is 1160. The minimum atomic E-state index is -3.79. The van der Waals surface area contributed by atoms with Crippen LogP contribution in [0.4, 0.5) is 0 Å². The summed E-state index contributed by atoms with van der Waals surface area (Å²) in [6.07, 6.45) is 1.82. The Morgan fingerprint density at radius 1 is 1.14 bits per heavy atom. The van der Waals surface area contributed by atoms with Gasteiger partial charge in [-0.1, -0.05) is 47.5 Å². The standard InChI is InChI=1S/C21H18BrClN2O3S/c1-14-6-8-18(9-7-14)29(27,28)25-24-13-17-11-15(12-19(22)21(17)26)10-16-4-2-3-5-20(16)23/h2-9,11-13,25-26H,10H2,1H3. The molecule has 8 heteroatoms. The fourth-order valence-electron chi connectivity index (χ4n) is 2.68. The van der Waals surface area contributed by atoms with Crippen molar-refractivity contribution in [2.75, 3.05) is 0 Å². The lowest BCUT2D eigenvalue weighted by Crippen LogP contribution is -2.18. The molecule has 0 aliphatic heterocycles. The highest BCUT2D eigenvalue weighted by atomic mass is 79.9. The van der Waals surface area contributed by atoms with Crippen LogP contribution in [0.15, 0.2) is 75.1 Å². The number of phenols is 1. The van der Waals surface area contributed by atoms with E-state index in [-0.39, 0.29) is 10.6 Å². The summed E-state index contributed by atoms with van der Waals surface area (Å²) in [4.78, 5) is 2.27. The van der Waals surface area contributed by atoms with Gasteiger partial charge in [-0.2, -0.15) is 13.5 Å². The molecule has 0 heterocycles. The molecule has 29 heavy (non-hydrogen) atoms. The van der Waals surface area contributed by atoms with Crippen molar-refractivity contribution >= 4 is 43.8 Å². The number of nitrogens with zero attached hydrogens (tertiary/aromatic N) is 1. The molecule has 0 fully saturated rings. The highest BCUT2D eigenvalue weighted by molar-refractivity contribution is 9.10. The van der Waals surface area contributed by atoms with E-state index in [4.69, 9.17) is 11.6 Å². The Labute approximate surface area is 183 Å². The minimum absolute atomic E-state index is 0.0359. The molecule has 0 saturated carbocycles. The highest BCUT2D eigenvalue weighted by Gasteiger charge is 2.13. The first-order valence-electron chi connectivity index (χ1n) is 8.62. The van der Waals surface area contributed by atoms with Gasteiger partial charge in [-0.25, -0.2) is 4.83 Å². The molecular formula is C21H18BrClN2O3S. The van der Waals surface area contributed by atoms with Crippen LogP contribution in [0.3, 0.4) is 0 Å². The summed E-state index contributed by atoms with van der Waals surface area (Å²) in [5.41, 5.74) is 3.14. The van der Waals surface area contributed by atoms with Gasteiger partial charge in [0, 0.05) is 10.6 Å². The number of hydrazone groups is 1. The zero-order valence-electron chi connectivity index (χ0n) is 15.4. The maximum atomic E-state index is 12.3. The molecule has 3 aromatic carbocycles. The first kappa shape index (κ1) is 21.4. The van der Waals surface area contributed by atoms with Crippen LogP contribution < -0.4 is 4.83 Å². The molecule has 0 aliphatic carbocycles. The van der Waals surface area contributed by atoms with E-state index >= 15 is 0 Å². The number of hydrogen-bond acceptors (Lipinski definition) is 4. The predicted octanol–water partition coefficient (Wildman–Crippen LogP) is 5.02. The minimum Gasteiger partial charge on any atom is -0.506 e. The molecule has 0 unspecified atom stereocenters. The van der Waals surface area contributed by atoms with Crippen molar-refractivity contribution in [1.29, 1.82) is 0 Å². The van der Waals surface area contributed by atoms with Crippen molar-refractivity contribution in [3.8, 4) is 5.75 Å². The van der Waals surface area contributed by atoms with Crippen LogP contribution in [-0.4, -0.2) is 19.7 Å². The molecule has 0 atom stereocenters. The van der Waals surface area contributed by atoms with Gasteiger partial charge in [-0.05, 0) is 70.7 Å². The molecule has 0 bridgehead atoms. The molecule has 0 aliphatic rings. The van der Waals surface area contributed by atoms with Crippen LogP contribution in [0.25, 0.3) is 0 Å². The average Bonchev–Trinajstić information content (AvgIpc) is 2.67. The van der Waals surface area contributed by atoms with Crippen LogP contribution in [0.5, 0.6) is 5.75 Å². The number of nitrogens with one attached hydrogen (secondary N) is 1. The maximum Gasteiger partial charge on any atom is 0.276 e. The molecule has 0 amide bonds. The quantitative estimate of drug-likeness (QED) is 0.374. The lowest BCUT2D eigenvalue weighted by atomic mass is 10.0. The van der Waals surface area contributed by atoms with Gasteiger partial charge in [0.1, 0.15) is 5.75 Å². The van der Waals surface area contributed by atoms with E-state index in [0.29, 0.717) is 21.5 Å². The highest BCUT2D eigenvalue weighted by Crippen LogP contribution is 2.30. The van der Waals surface area contributed by atoms with E-state index in [0.717, 1.165) is 16.7 Å². The molecular weight excluding hydrogens is 476 g/mol. The summed E-state index contributed by atoms with van der Waals surface area (Å²) in [5.74, 6) is -0.0359. The third kappa shape index (κ3) is 5.38. The third-order valence-corrected chi connectivity index (χ3v) is 6.42. The zero-order valence-corrected chi connectivity index (χ0v) is 18.6. The molecule has 0 spiro atoms. The number of phenolic OH excluding ortho intramolecular Hbond substituents is 1. The number of rotatable bonds is 6. The SMILES string of the molecule is Cc1ccc(S(=O)(=O)NN=Cc2cc(Cc3ccccc3Cl)cc(Br)c2O)cc1. The number of aromatic hydroxyl groups is 1. The predicted molar refractivity (Wildman–Crippen MR) is 119 cm³/mol. The first-order valence-corrected chi connectivity index (χ1v) is 11.3. The summed E-state index contributed by atoms with van der Waals surface area (Å²) in [6, 6.07) is 17.4. The van der Waals surface area contributed by atoms with Crippen LogP contribution >= 0.6 is 27.5 Å². The van der Waals surface area contributed by atoms with E-state index in [9.17, 15) is 13.5 Å². The van der Waals surface area contributed by atoms with Gasteiger partial charge in [0.05, 0.1) is 15.6 Å². The Morgan fingerprint density at radius 3 is 2.52 bits per heavy atom. The topological polar surface area (TPSA) is 78.8 Å². The van der Waals surface area contributed by atoms with Gasteiger partial charge in [-0.3, -0.25) is 0 Å². The van der Waals surface area contributed by atoms with Gasteiger partial charge in [-0.15, -0.1) is 0 Å². The van der Waals surface area contributed by atoms with E-state index in [1.165, 1.54) is 18.3 Å². The summed E-state index contributed by atoms with van der Waals surface area (Å²) in [5, 5.41) is 14.7. The number of halogens is 2. The van der Waals surface area contributed by atoms with Gasteiger partial charge < -0.3 is 5.11 Å². The zero-order chi connectivity index (χ0) is 21.0. The van der Waals surface area contributed by atoms with Crippen molar-refractivity contribution in [3.05, 3.63) is 92.4 Å². The van der Waals surface area contributed by atoms with Gasteiger partial charge in [0.2, 0.25) is 0 Å². The fraction of sp³-hybridized carbons (Fsp3) is 0.0952. The van der Waals surface area contributed by atoms with E-state index in [1.54, 1.807) is 24.3 Å². The second kappa shape index (κ2) is 8.98. The van der Waals surface area contributed by atoms with Crippen LogP contribution in [-0.2, 0) is 16.4 Å². The Hall–Kier alpha value is -2.35. The van der Waals surface area contributed by atoms with Crippen molar-refractivity contribution in [3.63, 3.8) is 0 Å². The number of hydrogen-bond donors (Lipinski definition) is 2. The lowest BCUT2D eigenvalue weighted by Gasteiger charge is -2.09. The van der Waals surface area contributed by atoms with Crippen LogP contribution in [0.2, 0.25) is 5.02 Å². The number of sulfonamides is 1. The first-order chi connectivity index (χ1) is 13.8. The average molecular weight is 494 g/mol. The Morgan fingerprint density at radius 2 is 1.83 bits per heavy atom. The van der Waals surface area contributed by atoms with E-state index in [2.05, 4.69) is 25.9 Å².